The lowest BCUT2D eigenvalue weighted by Crippen LogP contribution is -2.29. The zero-order valence-electron chi connectivity index (χ0n) is 16.5. The third-order valence-electron chi connectivity index (χ3n) is 5.40. The molecular formula is C21H18FN5O3S. The van der Waals surface area contributed by atoms with E-state index in [1.807, 2.05) is 5.38 Å². The number of ether oxygens (including phenoxy) is 1. The zero-order chi connectivity index (χ0) is 21.5. The average molecular weight is 439 g/mol. The Morgan fingerprint density at radius 1 is 1.32 bits per heavy atom. The standard InChI is InChI=1S/C21H18FN5O3S/c1-30-15-4-5-26(9-15)21(29)19-8-14(11-31-19)27-10-18(24-25-27)16-7-12-6-13(22)2-3-17(12)23-20(16)28/h2-3,6-8,10-11,15H,4-5,9H2,1H3,(H,23,28)/t15-/m0/s1. The maximum absolute atomic E-state index is 13.6. The minimum absolute atomic E-state index is 0.0378. The van der Waals surface area contributed by atoms with Crippen molar-refractivity contribution in [1.82, 2.24) is 24.9 Å². The summed E-state index contributed by atoms with van der Waals surface area (Å²) >= 11 is 1.33. The van der Waals surface area contributed by atoms with Gasteiger partial charge in [-0.2, -0.15) is 0 Å². The predicted molar refractivity (Wildman–Crippen MR) is 114 cm³/mol. The van der Waals surface area contributed by atoms with E-state index in [9.17, 15) is 14.0 Å². The van der Waals surface area contributed by atoms with Crippen LogP contribution in [0.5, 0.6) is 0 Å². The largest absolute Gasteiger partial charge is 0.380 e. The van der Waals surface area contributed by atoms with Crippen LogP contribution >= 0.6 is 11.3 Å². The lowest BCUT2D eigenvalue weighted by molar-refractivity contribution is 0.0728. The molecule has 1 N–H and O–H groups in total. The van der Waals surface area contributed by atoms with Crippen molar-refractivity contribution < 1.29 is 13.9 Å². The number of fused-ring (bicyclic) bond motifs is 1. The van der Waals surface area contributed by atoms with E-state index in [4.69, 9.17) is 4.74 Å². The quantitative estimate of drug-likeness (QED) is 0.528. The Labute approximate surface area is 179 Å². The monoisotopic (exact) mass is 439 g/mol. The Kier molecular flexibility index (Phi) is 4.87. The summed E-state index contributed by atoms with van der Waals surface area (Å²) in [5.41, 5.74) is 1.53. The molecule has 4 aromatic rings. The number of H-pyrrole nitrogens is 1. The van der Waals surface area contributed by atoms with Crippen LogP contribution in [0.2, 0.25) is 0 Å². The summed E-state index contributed by atoms with van der Waals surface area (Å²) in [6, 6.07) is 7.51. The molecule has 0 radical (unpaired) electrons. The van der Waals surface area contributed by atoms with Gasteiger partial charge in [0, 0.05) is 36.5 Å². The fourth-order valence-corrected chi connectivity index (χ4v) is 4.54. The van der Waals surface area contributed by atoms with Gasteiger partial charge in [-0.05, 0) is 36.8 Å². The lowest BCUT2D eigenvalue weighted by atomic mass is 10.1. The van der Waals surface area contributed by atoms with Gasteiger partial charge in [-0.15, -0.1) is 16.4 Å². The maximum Gasteiger partial charge on any atom is 0.264 e. The molecule has 0 unspecified atom stereocenters. The Morgan fingerprint density at radius 3 is 3.00 bits per heavy atom. The van der Waals surface area contributed by atoms with Crippen molar-refractivity contribution in [2.75, 3.05) is 20.2 Å². The van der Waals surface area contributed by atoms with Crippen molar-refractivity contribution in [2.24, 2.45) is 0 Å². The number of benzene rings is 1. The lowest BCUT2D eigenvalue weighted by Gasteiger charge is -2.14. The summed E-state index contributed by atoms with van der Waals surface area (Å²) in [5, 5.41) is 10.6. The number of aromatic amines is 1. The number of aromatic nitrogens is 4. The number of hydrogen-bond donors (Lipinski definition) is 1. The van der Waals surface area contributed by atoms with Gasteiger partial charge in [0.05, 0.1) is 28.4 Å². The molecule has 1 atom stereocenters. The molecule has 158 valence electrons. The molecule has 0 saturated carbocycles. The van der Waals surface area contributed by atoms with Crippen LogP contribution in [0.1, 0.15) is 16.1 Å². The second-order valence-corrected chi connectivity index (χ2v) is 8.27. The molecule has 5 rings (SSSR count). The third-order valence-corrected chi connectivity index (χ3v) is 6.31. The summed E-state index contributed by atoms with van der Waals surface area (Å²) in [4.78, 5) is 30.3. The van der Waals surface area contributed by atoms with Crippen LogP contribution in [0.3, 0.4) is 0 Å². The van der Waals surface area contributed by atoms with E-state index >= 15 is 0 Å². The Bertz CT molecular complexity index is 1340. The Balaban J connectivity index is 1.42. The molecule has 1 fully saturated rings. The normalized spacial score (nSPS) is 16.3. The molecule has 1 saturated heterocycles. The zero-order valence-corrected chi connectivity index (χ0v) is 17.4. The van der Waals surface area contributed by atoms with Gasteiger partial charge < -0.3 is 14.6 Å². The number of nitrogens with zero attached hydrogens (tertiary/aromatic N) is 4. The number of hydrogen-bond acceptors (Lipinski definition) is 6. The number of carbonyl (C=O) groups is 1. The van der Waals surface area contributed by atoms with Crippen molar-refractivity contribution in [3.63, 3.8) is 0 Å². The van der Waals surface area contributed by atoms with Crippen LogP contribution in [0.15, 0.2) is 46.7 Å². The number of rotatable bonds is 4. The molecule has 3 aromatic heterocycles. The van der Waals surface area contributed by atoms with Crippen molar-refractivity contribution >= 4 is 28.1 Å². The summed E-state index contributed by atoms with van der Waals surface area (Å²) in [5.74, 6) is -0.427. The minimum Gasteiger partial charge on any atom is -0.380 e. The smallest absolute Gasteiger partial charge is 0.264 e. The molecule has 1 amide bonds. The fraction of sp³-hybridized carbons (Fsp3) is 0.238. The van der Waals surface area contributed by atoms with E-state index in [1.165, 1.54) is 34.2 Å². The van der Waals surface area contributed by atoms with Crippen LogP contribution in [0.25, 0.3) is 27.8 Å². The number of pyridine rings is 1. The van der Waals surface area contributed by atoms with E-state index in [2.05, 4.69) is 15.3 Å². The number of carbonyl (C=O) groups excluding carboxylic acids is 1. The van der Waals surface area contributed by atoms with Gasteiger partial charge in [0.1, 0.15) is 11.5 Å². The van der Waals surface area contributed by atoms with Crippen molar-refractivity contribution in [3.8, 4) is 16.9 Å². The second-order valence-electron chi connectivity index (χ2n) is 7.36. The molecule has 0 aliphatic carbocycles. The molecule has 8 nitrogen and oxygen atoms in total. The van der Waals surface area contributed by atoms with Crippen molar-refractivity contribution in [2.45, 2.75) is 12.5 Å². The molecule has 1 aliphatic heterocycles. The number of methoxy groups -OCH3 is 1. The van der Waals surface area contributed by atoms with E-state index < -0.39 is 0 Å². The first-order chi connectivity index (χ1) is 15.0. The number of thiophene rings is 1. The maximum atomic E-state index is 13.6. The van der Waals surface area contributed by atoms with Gasteiger partial charge in [0.15, 0.2) is 0 Å². The Hall–Kier alpha value is -3.37. The number of likely N-dealkylation sites (tertiary alicyclic amines) is 1. The van der Waals surface area contributed by atoms with E-state index in [1.54, 1.807) is 30.3 Å². The van der Waals surface area contributed by atoms with Crippen LogP contribution in [0, 0.1) is 5.82 Å². The Morgan fingerprint density at radius 2 is 2.19 bits per heavy atom. The van der Waals surface area contributed by atoms with Gasteiger partial charge in [-0.3, -0.25) is 9.59 Å². The highest BCUT2D eigenvalue weighted by Crippen LogP contribution is 2.24. The first-order valence-electron chi connectivity index (χ1n) is 9.68. The van der Waals surface area contributed by atoms with Crippen LogP contribution < -0.4 is 5.56 Å². The van der Waals surface area contributed by atoms with Crippen LogP contribution in [-0.2, 0) is 4.74 Å². The number of halogens is 1. The highest BCUT2D eigenvalue weighted by atomic mass is 32.1. The second kappa shape index (κ2) is 7.71. The van der Waals surface area contributed by atoms with E-state index in [-0.39, 0.29) is 23.4 Å². The summed E-state index contributed by atoms with van der Waals surface area (Å²) in [7, 11) is 1.65. The van der Waals surface area contributed by atoms with E-state index in [0.717, 1.165) is 6.42 Å². The number of nitrogens with one attached hydrogen (secondary N) is 1. The minimum atomic E-state index is -0.389. The topological polar surface area (TPSA) is 93.1 Å². The predicted octanol–water partition coefficient (Wildman–Crippen LogP) is 2.84. The van der Waals surface area contributed by atoms with Gasteiger partial charge in [-0.1, -0.05) is 5.21 Å². The van der Waals surface area contributed by atoms with E-state index in [0.29, 0.717) is 45.8 Å². The molecule has 1 aliphatic rings. The summed E-state index contributed by atoms with van der Waals surface area (Å²) in [6.07, 6.45) is 2.52. The van der Waals surface area contributed by atoms with Gasteiger partial charge in [0.25, 0.3) is 11.5 Å². The third kappa shape index (κ3) is 3.64. The van der Waals surface area contributed by atoms with Crippen molar-refractivity contribution in [1.29, 1.82) is 0 Å². The molecular weight excluding hydrogens is 421 g/mol. The van der Waals surface area contributed by atoms with Gasteiger partial charge in [0.2, 0.25) is 0 Å². The van der Waals surface area contributed by atoms with Crippen molar-refractivity contribution in [3.05, 3.63) is 63.0 Å². The molecule has 31 heavy (non-hydrogen) atoms. The fourth-order valence-electron chi connectivity index (χ4n) is 3.70. The summed E-state index contributed by atoms with van der Waals surface area (Å²) in [6.45, 7) is 1.25. The summed E-state index contributed by atoms with van der Waals surface area (Å²) < 4.78 is 20.4. The van der Waals surface area contributed by atoms with Gasteiger partial charge in [-0.25, -0.2) is 9.07 Å². The highest BCUT2D eigenvalue weighted by Gasteiger charge is 2.27. The first-order valence-corrected chi connectivity index (χ1v) is 10.6. The highest BCUT2D eigenvalue weighted by molar-refractivity contribution is 7.12. The first kappa shape index (κ1) is 19.6. The molecule has 0 bridgehead atoms. The molecule has 0 spiro atoms. The van der Waals surface area contributed by atoms with Crippen LogP contribution in [-0.4, -0.2) is 57.1 Å². The number of amides is 1. The van der Waals surface area contributed by atoms with Gasteiger partial charge >= 0.3 is 0 Å². The molecule has 10 heteroatoms. The van der Waals surface area contributed by atoms with Crippen LogP contribution in [0.4, 0.5) is 4.39 Å². The average Bonchev–Trinajstić information content (AvgIpc) is 3.53. The molecule has 4 heterocycles. The SMILES string of the molecule is CO[C@H]1CCN(C(=O)c2cc(-n3cc(-c4cc5cc(F)ccc5[nH]c4=O)nn3)cs2)C1. The molecule has 1 aromatic carbocycles.